The van der Waals surface area contributed by atoms with Crippen molar-refractivity contribution in [1.29, 1.82) is 0 Å². The van der Waals surface area contributed by atoms with Gasteiger partial charge < -0.3 is 4.74 Å². The summed E-state index contributed by atoms with van der Waals surface area (Å²) in [6.45, 7) is 6.58. The van der Waals surface area contributed by atoms with Crippen LogP contribution >= 0.6 is 0 Å². The summed E-state index contributed by atoms with van der Waals surface area (Å²) in [5.74, 6) is 0.0320. The molecule has 21 heavy (non-hydrogen) atoms. The molecule has 1 aliphatic heterocycles. The Bertz CT molecular complexity index is 732. The molecule has 0 spiro atoms. The van der Waals surface area contributed by atoms with E-state index in [0.717, 1.165) is 16.9 Å². The Balaban J connectivity index is 2.06. The molecule has 0 aliphatic carbocycles. The van der Waals surface area contributed by atoms with E-state index in [9.17, 15) is 9.18 Å². The van der Waals surface area contributed by atoms with Gasteiger partial charge in [-0.1, -0.05) is 25.5 Å². The summed E-state index contributed by atoms with van der Waals surface area (Å²) in [4.78, 5) is 12.5. The maximum Gasteiger partial charge on any atom is 0.195 e. The highest BCUT2D eigenvalue weighted by atomic mass is 19.1. The van der Waals surface area contributed by atoms with Crippen LogP contribution in [0.1, 0.15) is 40.9 Å². The molecule has 3 heteroatoms. The minimum atomic E-state index is -0.485. The summed E-state index contributed by atoms with van der Waals surface area (Å²) < 4.78 is 19.5. The van der Waals surface area contributed by atoms with Gasteiger partial charge in [-0.15, -0.1) is 0 Å². The van der Waals surface area contributed by atoms with E-state index in [0.29, 0.717) is 12.2 Å². The third-order valence-electron chi connectivity index (χ3n) is 3.93. The quantitative estimate of drug-likeness (QED) is 0.778. The second kappa shape index (κ2) is 4.69. The standard InChI is InChI=1S/C18H17FO2/c1-11-4-6-15(19)13(8-11)17(20)12-5-7-16-14(9-12)18(2,3)10-21-16/h4-9H,10H2,1-3H3. The number of fused-ring (bicyclic) bond motifs is 1. The Hall–Kier alpha value is -2.16. The first-order valence-corrected chi connectivity index (χ1v) is 6.97. The summed E-state index contributed by atoms with van der Waals surface area (Å²) in [7, 11) is 0. The van der Waals surface area contributed by atoms with Crippen LogP contribution in [0.25, 0.3) is 0 Å². The number of hydrogen-bond acceptors (Lipinski definition) is 2. The Morgan fingerprint density at radius 2 is 1.95 bits per heavy atom. The van der Waals surface area contributed by atoms with Crippen molar-refractivity contribution in [2.24, 2.45) is 0 Å². The number of carbonyl (C=O) groups excluding carboxylic acids is 1. The van der Waals surface area contributed by atoms with E-state index in [1.165, 1.54) is 6.07 Å². The molecule has 1 aliphatic rings. The lowest BCUT2D eigenvalue weighted by Crippen LogP contribution is -2.18. The van der Waals surface area contributed by atoms with Crippen molar-refractivity contribution in [2.75, 3.05) is 6.61 Å². The molecular weight excluding hydrogens is 267 g/mol. The molecule has 0 bridgehead atoms. The Kier molecular flexibility index (Phi) is 3.08. The predicted octanol–water partition coefficient (Wildman–Crippen LogP) is 4.04. The molecule has 0 atom stereocenters. The average molecular weight is 284 g/mol. The maximum atomic E-state index is 13.9. The molecule has 2 aromatic rings. The van der Waals surface area contributed by atoms with Crippen LogP contribution in [0.15, 0.2) is 36.4 Å². The molecule has 0 unspecified atom stereocenters. The normalized spacial score (nSPS) is 15.4. The van der Waals surface area contributed by atoms with Crippen LogP contribution in [0.3, 0.4) is 0 Å². The van der Waals surface area contributed by atoms with E-state index in [-0.39, 0.29) is 16.8 Å². The van der Waals surface area contributed by atoms with Gasteiger partial charge in [-0.05, 0) is 37.3 Å². The molecule has 2 nitrogen and oxygen atoms in total. The highest BCUT2D eigenvalue weighted by molar-refractivity contribution is 6.09. The van der Waals surface area contributed by atoms with Gasteiger partial charge in [0, 0.05) is 16.5 Å². The predicted molar refractivity (Wildman–Crippen MR) is 79.5 cm³/mol. The minimum Gasteiger partial charge on any atom is -0.492 e. The fourth-order valence-corrected chi connectivity index (χ4v) is 2.63. The highest BCUT2D eigenvalue weighted by Gasteiger charge is 2.32. The molecule has 0 N–H and O–H groups in total. The summed E-state index contributed by atoms with van der Waals surface area (Å²) in [6, 6.07) is 9.91. The molecule has 0 fully saturated rings. The summed E-state index contributed by atoms with van der Waals surface area (Å²) in [5, 5.41) is 0. The van der Waals surface area contributed by atoms with Crippen LogP contribution in [-0.2, 0) is 5.41 Å². The first kappa shape index (κ1) is 13.8. The lowest BCUT2D eigenvalue weighted by Gasteiger charge is -2.15. The van der Waals surface area contributed by atoms with Gasteiger partial charge in [0.1, 0.15) is 11.6 Å². The topological polar surface area (TPSA) is 26.3 Å². The minimum absolute atomic E-state index is 0.117. The fraction of sp³-hybridized carbons (Fsp3) is 0.278. The van der Waals surface area contributed by atoms with E-state index < -0.39 is 5.82 Å². The molecule has 0 radical (unpaired) electrons. The smallest absolute Gasteiger partial charge is 0.195 e. The van der Waals surface area contributed by atoms with Crippen molar-refractivity contribution in [3.05, 3.63) is 64.5 Å². The van der Waals surface area contributed by atoms with Gasteiger partial charge in [-0.3, -0.25) is 4.79 Å². The zero-order valence-corrected chi connectivity index (χ0v) is 12.4. The van der Waals surface area contributed by atoms with Gasteiger partial charge in [-0.25, -0.2) is 4.39 Å². The zero-order chi connectivity index (χ0) is 15.2. The third kappa shape index (κ3) is 2.33. The monoisotopic (exact) mass is 284 g/mol. The molecular formula is C18H17FO2. The number of halogens is 1. The van der Waals surface area contributed by atoms with Crippen LogP contribution in [0.4, 0.5) is 4.39 Å². The summed E-state index contributed by atoms with van der Waals surface area (Å²) in [6.07, 6.45) is 0. The lowest BCUT2D eigenvalue weighted by atomic mass is 9.85. The summed E-state index contributed by atoms with van der Waals surface area (Å²) in [5.41, 5.74) is 2.35. The zero-order valence-electron chi connectivity index (χ0n) is 12.4. The molecule has 3 rings (SSSR count). The van der Waals surface area contributed by atoms with Crippen LogP contribution < -0.4 is 4.74 Å². The van der Waals surface area contributed by atoms with Crippen molar-refractivity contribution in [1.82, 2.24) is 0 Å². The SMILES string of the molecule is Cc1ccc(F)c(C(=O)c2ccc3c(c2)C(C)(C)CO3)c1. The number of rotatable bonds is 2. The van der Waals surface area contributed by atoms with Gasteiger partial charge in [0.15, 0.2) is 5.78 Å². The number of hydrogen-bond donors (Lipinski definition) is 0. The Labute approximate surface area is 123 Å². The van der Waals surface area contributed by atoms with Crippen LogP contribution in [0.5, 0.6) is 5.75 Å². The van der Waals surface area contributed by atoms with Gasteiger partial charge in [0.25, 0.3) is 0 Å². The molecule has 0 saturated heterocycles. The van der Waals surface area contributed by atoms with Crippen LogP contribution in [-0.4, -0.2) is 12.4 Å². The highest BCUT2D eigenvalue weighted by Crippen LogP contribution is 2.39. The third-order valence-corrected chi connectivity index (χ3v) is 3.93. The van der Waals surface area contributed by atoms with E-state index >= 15 is 0 Å². The second-order valence-corrected chi connectivity index (χ2v) is 6.20. The summed E-state index contributed by atoms with van der Waals surface area (Å²) >= 11 is 0. The molecule has 2 aromatic carbocycles. The van der Waals surface area contributed by atoms with Crippen molar-refractivity contribution in [2.45, 2.75) is 26.2 Å². The first-order chi connectivity index (χ1) is 9.88. The van der Waals surface area contributed by atoms with Crippen molar-refractivity contribution in [3.8, 4) is 5.75 Å². The number of ether oxygens (including phenoxy) is 1. The van der Waals surface area contributed by atoms with Gasteiger partial charge >= 0.3 is 0 Å². The van der Waals surface area contributed by atoms with E-state index in [1.807, 2.05) is 13.0 Å². The second-order valence-electron chi connectivity index (χ2n) is 6.20. The van der Waals surface area contributed by atoms with Gasteiger partial charge in [0.05, 0.1) is 12.2 Å². The lowest BCUT2D eigenvalue weighted by molar-refractivity contribution is 0.103. The van der Waals surface area contributed by atoms with Gasteiger partial charge in [-0.2, -0.15) is 0 Å². The maximum absolute atomic E-state index is 13.9. The number of benzene rings is 2. The van der Waals surface area contributed by atoms with Crippen molar-refractivity contribution >= 4 is 5.78 Å². The Morgan fingerprint density at radius 1 is 1.19 bits per heavy atom. The van der Waals surface area contributed by atoms with Crippen LogP contribution in [0, 0.1) is 12.7 Å². The first-order valence-electron chi connectivity index (χ1n) is 6.97. The van der Waals surface area contributed by atoms with Gasteiger partial charge in [0.2, 0.25) is 0 Å². The molecule has 1 heterocycles. The molecule has 0 aromatic heterocycles. The molecule has 108 valence electrons. The molecule has 0 saturated carbocycles. The van der Waals surface area contributed by atoms with Crippen molar-refractivity contribution < 1.29 is 13.9 Å². The molecule has 0 amide bonds. The Morgan fingerprint density at radius 3 is 2.71 bits per heavy atom. The van der Waals surface area contributed by atoms with E-state index in [1.54, 1.807) is 24.3 Å². The fourth-order valence-electron chi connectivity index (χ4n) is 2.63. The average Bonchev–Trinajstić information content (AvgIpc) is 2.76. The number of carbonyl (C=O) groups is 1. The number of ketones is 1. The largest absolute Gasteiger partial charge is 0.492 e. The van der Waals surface area contributed by atoms with E-state index in [2.05, 4.69) is 13.8 Å². The van der Waals surface area contributed by atoms with E-state index in [4.69, 9.17) is 4.74 Å². The van der Waals surface area contributed by atoms with Crippen molar-refractivity contribution in [3.63, 3.8) is 0 Å². The number of aryl methyl sites for hydroxylation is 1. The van der Waals surface area contributed by atoms with Crippen LogP contribution in [0.2, 0.25) is 0 Å².